The summed E-state index contributed by atoms with van der Waals surface area (Å²) in [5.74, 6) is -0.0997. The van der Waals surface area contributed by atoms with E-state index in [-0.39, 0.29) is 17.9 Å². The fourth-order valence-corrected chi connectivity index (χ4v) is 1.08. The van der Waals surface area contributed by atoms with Crippen LogP contribution >= 0.6 is 0 Å². The normalized spacial score (nSPS) is 9.75. The van der Waals surface area contributed by atoms with Gasteiger partial charge >= 0.3 is 0 Å². The van der Waals surface area contributed by atoms with Gasteiger partial charge in [-0.25, -0.2) is 0 Å². The molecular formula is C9H19B2N3O2. The van der Waals surface area contributed by atoms with Crippen molar-refractivity contribution in [3.8, 4) is 0 Å². The highest BCUT2D eigenvalue weighted by atomic mass is 16.2. The summed E-state index contributed by atoms with van der Waals surface area (Å²) in [5.41, 5.74) is 5.71. The number of carbonyl (C=O) groups is 2. The summed E-state index contributed by atoms with van der Waals surface area (Å²) in [4.78, 5) is 22.2. The summed E-state index contributed by atoms with van der Waals surface area (Å²) in [7, 11) is 3.55. The summed E-state index contributed by atoms with van der Waals surface area (Å²) in [6, 6.07) is -0.249. The molecule has 0 saturated carbocycles. The van der Waals surface area contributed by atoms with E-state index in [1.165, 1.54) is 0 Å². The Balaban J connectivity index is 3.54. The molecule has 88 valence electrons. The van der Waals surface area contributed by atoms with Crippen LogP contribution in [0, 0.1) is 0 Å². The van der Waals surface area contributed by atoms with E-state index in [9.17, 15) is 9.59 Å². The molecule has 0 heterocycles. The second kappa shape index (κ2) is 9.27. The largest absolute Gasteiger partial charge is 0.355 e. The zero-order valence-electron chi connectivity index (χ0n) is 9.95. The van der Waals surface area contributed by atoms with Crippen molar-refractivity contribution in [2.24, 2.45) is 5.73 Å². The molecule has 16 heavy (non-hydrogen) atoms. The first-order chi connectivity index (χ1) is 7.60. The Kier molecular flexibility index (Phi) is 8.71. The number of amides is 2. The minimum absolute atomic E-state index is 0.0498. The molecule has 7 heteroatoms. The lowest BCUT2D eigenvalue weighted by Crippen LogP contribution is -2.45. The predicted octanol–water partition coefficient (Wildman–Crippen LogP) is -1.11. The van der Waals surface area contributed by atoms with E-state index in [1.54, 1.807) is 14.6 Å². The molecule has 0 aliphatic carbocycles. The first kappa shape index (κ1) is 15.0. The molecule has 0 aliphatic heterocycles. The van der Waals surface area contributed by atoms with Crippen LogP contribution in [0.2, 0.25) is 26.3 Å². The van der Waals surface area contributed by atoms with Crippen molar-refractivity contribution in [1.82, 2.24) is 10.6 Å². The SMILES string of the molecule is C[B]CC(=O)NCC(N)CNC(=O)C[B]C. The number of hydrogen-bond acceptors (Lipinski definition) is 3. The Morgan fingerprint density at radius 1 is 1.06 bits per heavy atom. The number of nitrogens with one attached hydrogen (secondary N) is 2. The van der Waals surface area contributed by atoms with E-state index in [2.05, 4.69) is 10.6 Å². The Hall–Kier alpha value is -0.970. The second-order valence-electron chi connectivity index (χ2n) is 3.59. The van der Waals surface area contributed by atoms with Crippen molar-refractivity contribution >= 4 is 26.4 Å². The molecule has 5 nitrogen and oxygen atoms in total. The molecule has 4 N–H and O–H groups in total. The van der Waals surface area contributed by atoms with Gasteiger partial charge in [0.05, 0.1) is 0 Å². The Morgan fingerprint density at radius 3 is 1.75 bits per heavy atom. The summed E-state index contributed by atoms with van der Waals surface area (Å²) in [6.07, 6.45) is 0.785. The van der Waals surface area contributed by atoms with Crippen LogP contribution < -0.4 is 16.4 Å². The van der Waals surface area contributed by atoms with Gasteiger partial charge in [0.2, 0.25) is 11.8 Å². The van der Waals surface area contributed by atoms with E-state index in [0.29, 0.717) is 25.7 Å². The molecule has 0 bridgehead atoms. The van der Waals surface area contributed by atoms with Crippen LogP contribution in [0.1, 0.15) is 0 Å². The van der Waals surface area contributed by atoms with E-state index < -0.39 is 0 Å². The van der Waals surface area contributed by atoms with Gasteiger partial charge in [0.15, 0.2) is 0 Å². The minimum Gasteiger partial charge on any atom is -0.355 e. The Labute approximate surface area is 98.4 Å². The fraction of sp³-hybridized carbons (Fsp3) is 0.778. The van der Waals surface area contributed by atoms with Gasteiger partial charge in [-0.15, -0.1) is 0 Å². The highest BCUT2D eigenvalue weighted by Crippen LogP contribution is 1.82. The number of nitrogens with two attached hydrogens (primary N) is 1. The third kappa shape index (κ3) is 8.35. The predicted molar refractivity (Wildman–Crippen MR) is 66.8 cm³/mol. The third-order valence-electron chi connectivity index (χ3n) is 1.90. The monoisotopic (exact) mass is 223 g/mol. The van der Waals surface area contributed by atoms with Crippen molar-refractivity contribution < 1.29 is 9.59 Å². The van der Waals surface area contributed by atoms with Gasteiger partial charge in [-0.05, 0) is 12.6 Å². The lowest BCUT2D eigenvalue weighted by atomic mass is 9.78. The van der Waals surface area contributed by atoms with E-state index in [4.69, 9.17) is 5.73 Å². The highest BCUT2D eigenvalue weighted by molar-refractivity contribution is 6.39. The molecule has 2 radical (unpaired) electrons. The summed E-state index contributed by atoms with van der Waals surface area (Å²) < 4.78 is 0. The molecule has 0 atom stereocenters. The lowest BCUT2D eigenvalue weighted by molar-refractivity contribution is -0.119. The lowest BCUT2D eigenvalue weighted by Gasteiger charge is -2.13. The molecule has 0 fully saturated rings. The van der Waals surface area contributed by atoms with Crippen molar-refractivity contribution in [3.05, 3.63) is 0 Å². The van der Waals surface area contributed by atoms with Gasteiger partial charge < -0.3 is 16.4 Å². The van der Waals surface area contributed by atoms with Crippen LogP contribution in [0.3, 0.4) is 0 Å². The molecule has 0 aromatic rings. The molecule has 0 unspecified atom stereocenters. The maximum Gasteiger partial charge on any atom is 0.212 e. The minimum atomic E-state index is -0.249. The topological polar surface area (TPSA) is 84.2 Å². The zero-order chi connectivity index (χ0) is 12.4. The van der Waals surface area contributed by atoms with Gasteiger partial charge in [-0.3, -0.25) is 9.59 Å². The van der Waals surface area contributed by atoms with E-state index in [0.717, 1.165) is 0 Å². The number of carbonyl (C=O) groups excluding carboxylic acids is 2. The van der Waals surface area contributed by atoms with Crippen molar-refractivity contribution in [2.75, 3.05) is 13.1 Å². The fourth-order valence-electron chi connectivity index (χ4n) is 1.08. The molecule has 0 spiro atoms. The van der Waals surface area contributed by atoms with Crippen LogP contribution in [0.25, 0.3) is 0 Å². The zero-order valence-corrected chi connectivity index (χ0v) is 9.95. The summed E-state index contributed by atoms with van der Waals surface area (Å²) in [6.45, 7) is 4.40. The Bertz CT molecular complexity index is 205. The molecule has 2 amide bonds. The van der Waals surface area contributed by atoms with Crippen LogP contribution in [0.15, 0.2) is 0 Å². The first-order valence-corrected chi connectivity index (χ1v) is 5.44. The molecule has 0 aromatic heterocycles. The van der Waals surface area contributed by atoms with Gasteiger partial charge in [-0.2, -0.15) is 0 Å². The van der Waals surface area contributed by atoms with Crippen molar-refractivity contribution in [3.63, 3.8) is 0 Å². The highest BCUT2D eigenvalue weighted by Gasteiger charge is 2.06. The molecule has 0 rings (SSSR count). The molecule has 0 saturated heterocycles. The quantitative estimate of drug-likeness (QED) is 0.456. The van der Waals surface area contributed by atoms with Gasteiger partial charge in [0, 0.05) is 19.1 Å². The van der Waals surface area contributed by atoms with Crippen LogP contribution in [-0.4, -0.2) is 45.5 Å². The number of hydrogen-bond donors (Lipinski definition) is 3. The molecular weight excluding hydrogens is 204 g/mol. The Morgan fingerprint density at radius 2 is 1.44 bits per heavy atom. The van der Waals surface area contributed by atoms with Crippen LogP contribution in [0.5, 0.6) is 0 Å². The van der Waals surface area contributed by atoms with Crippen LogP contribution in [-0.2, 0) is 9.59 Å². The smallest absolute Gasteiger partial charge is 0.212 e. The van der Waals surface area contributed by atoms with Gasteiger partial charge in [0.1, 0.15) is 14.6 Å². The molecule has 0 aliphatic rings. The average Bonchev–Trinajstić information content (AvgIpc) is 2.24. The maximum atomic E-state index is 11.1. The second-order valence-corrected chi connectivity index (χ2v) is 3.59. The average molecular weight is 223 g/mol. The van der Waals surface area contributed by atoms with Crippen molar-refractivity contribution in [2.45, 2.75) is 32.3 Å². The maximum absolute atomic E-state index is 11.1. The van der Waals surface area contributed by atoms with E-state index >= 15 is 0 Å². The number of rotatable bonds is 8. The third-order valence-corrected chi connectivity index (χ3v) is 1.90. The summed E-state index contributed by atoms with van der Waals surface area (Å²) >= 11 is 0. The first-order valence-electron chi connectivity index (χ1n) is 5.44. The van der Waals surface area contributed by atoms with Gasteiger partial charge in [-0.1, -0.05) is 13.6 Å². The van der Waals surface area contributed by atoms with E-state index in [1.807, 2.05) is 13.6 Å². The molecule has 0 aromatic carbocycles. The van der Waals surface area contributed by atoms with Gasteiger partial charge in [0.25, 0.3) is 0 Å². The van der Waals surface area contributed by atoms with Crippen LogP contribution in [0.4, 0.5) is 0 Å². The van der Waals surface area contributed by atoms with Crippen molar-refractivity contribution in [1.29, 1.82) is 0 Å². The summed E-state index contributed by atoms with van der Waals surface area (Å²) in [5, 5.41) is 5.37. The standard InChI is InChI=1S/C9H19B2N3O2/c1-10-3-8(15)13-5-7(12)6-14-9(16)4-11-2/h7H,3-6,12H2,1-2H3,(H,13,15)(H,14,16).